The Hall–Kier alpha value is -1.51. The topological polar surface area (TPSA) is 39.4 Å². The number of allylic oxidation sites excluding steroid dienone is 1. The normalized spacial score (nSPS) is 13.1. The summed E-state index contributed by atoms with van der Waals surface area (Å²) < 4.78 is 9.83. The van der Waals surface area contributed by atoms with Gasteiger partial charge >= 0.3 is 0 Å². The van der Waals surface area contributed by atoms with Crippen LogP contribution in [0.1, 0.15) is 18.8 Å². The lowest BCUT2D eigenvalue weighted by Gasteiger charge is -2.05. The Morgan fingerprint density at radius 3 is 3.00 bits per heavy atom. The van der Waals surface area contributed by atoms with Gasteiger partial charge in [0.2, 0.25) is 0 Å². The van der Waals surface area contributed by atoms with Crippen LogP contribution >= 0.6 is 0 Å². The number of rotatable bonds is 4. The van der Waals surface area contributed by atoms with Crippen LogP contribution in [0.4, 0.5) is 0 Å². The minimum absolute atomic E-state index is 0.400. The maximum Gasteiger partial charge on any atom is 0.294 e. The van der Waals surface area contributed by atoms with Crippen LogP contribution in [0.3, 0.4) is 0 Å². The molecule has 1 unspecified atom stereocenters. The first-order chi connectivity index (χ1) is 5.88. The number of ether oxygens (including phenoxy) is 1. The van der Waals surface area contributed by atoms with Crippen LogP contribution < -0.4 is 0 Å². The highest BCUT2D eigenvalue weighted by atomic mass is 16.5. The number of hydrogen-bond donors (Lipinski definition) is 0. The van der Waals surface area contributed by atoms with Gasteiger partial charge in [0.25, 0.3) is 6.47 Å². The van der Waals surface area contributed by atoms with E-state index in [1.54, 1.807) is 30.5 Å². The van der Waals surface area contributed by atoms with Crippen LogP contribution in [0.2, 0.25) is 0 Å². The Balaban J connectivity index is 2.72. The number of hydrogen-bond acceptors (Lipinski definition) is 3. The lowest BCUT2D eigenvalue weighted by atomic mass is 10.2. The second-order valence-corrected chi connectivity index (χ2v) is 2.19. The van der Waals surface area contributed by atoms with E-state index in [1.807, 2.05) is 6.92 Å². The van der Waals surface area contributed by atoms with Gasteiger partial charge < -0.3 is 9.15 Å². The first-order valence-corrected chi connectivity index (χ1v) is 3.63. The summed E-state index contributed by atoms with van der Waals surface area (Å²) in [5.41, 5.74) is 0. The van der Waals surface area contributed by atoms with Crippen LogP contribution in [0.15, 0.2) is 35.0 Å². The molecule has 0 amide bonds. The van der Waals surface area contributed by atoms with Crippen LogP contribution in [-0.2, 0) is 9.53 Å². The van der Waals surface area contributed by atoms with E-state index in [2.05, 4.69) is 0 Å². The lowest BCUT2D eigenvalue weighted by Crippen LogP contribution is -1.97. The molecule has 0 spiro atoms. The summed E-state index contributed by atoms with van der Waals surface area (Å²) in [4.78, 5) is 10.1. The van der Waals surface area contributed by atoms with Crippen molar-refractivity contribution in [3.05, 3.63) is 36.3 Å². The highest BCUT2D eigenvalue weighted by Crippen LogP contribution is 2.17. The predicted octanol–water partition coefficient (Wildman–Crippen LogP) is 2.07. The van der Waals surface area contributed by atoms with E-state index in [0.717, 1.165) is 0 Å². The van der Waals surface area contributed by atoms with Gasteiger partial charge in [-0.05, 0) is 25.1 Å². The van der Waals surface area contributed by atoms with Crippen molar-refractivity contribution in [3.63, 3.8) is 0 Å². The van der Waals surface area contributed by atoms with Gasteiger partial charge in [-0.15, -0.1) is 0 Å². The summed E-state index contributed by atoms with van der Waals surface area (Å²) in [5, 5.41) is 0. The maximum absolute atomic E-state index is 10.1. The van der Waals surface area contributed by atoms with Gasteiger partial charge in [-0.2, -0.15) is 0 Å². The third-order valence-electron chi connectivity index (χ3n) is 1.39. The third-order valence-corrected chi connectivity index (χ3v) is 1.39. The van der Waals surface area contributed by atoms with Gasteiger partial charge in [0.1, 0.15) is 5.76 Å². The molecular weight excluding hydrogens is 156 g/mol. The van der Waals surface area contributed by atoms with Crippen molar-refractivity contribution >= 4 is 6.47 Å². The summed E-state index contributed by atoms with van der Waals surface area (Å²) >= 11 is 0. The second kappa shape index (κ2) is 4.38. The molecule has 0 radical (unpaired) electrons. The van der Waals surface area contributed by atoms with Crippen LogP contribution in [0, 0.1) is 0 Å². The Morgan fingerprint density at radius 1 is 1.67 bits per heavy atom. The molecule has 1 aromatic heterocycles. The standard InChI is InChI=1S/C9H10O3/c1-2-4-8(12-7-10)9-5-3-6-11-9/h2-8H,1H3. The van der Waals surface area contributed by atoms with E-state index in [9.17, 15) is 4.79 Å². The third kappa shape index (κ3) is 1.99. The van der Waals surface area contributed by atoms with E-state index >= 15 is 0 Å². The van der Waals surface area contributed by atoms with Crippen molar-refractivity contribution in [1.29, 1.82) is 0 Å². The van der Waals surface area contributed by atoms with E-state index < -0.39 is 6.10 Å². The Labute approximate surface area is 70.6 Å². The Kier molecular flexibility index (Phi) is 3.14. The molecular formula is C9H10O3. The van der Waals surface area contributed by atoms with E-state index in [4.69, 9.17) is 9.15 Å². The lowest BCUT2D eigenvalue weighted by molar-refractivity contribution is -0.132. The molecule has 0 aromatic carbocycles. The van der Waals surface area contributed by atoms with Crippen molar-refractivity contribution in [2.24, 2.45) is 0 Å². The van der Waals surface area contributed by atoms with Crippen LogP contribution in [-0.4, -0.2) is 6.47 Å². The summed E-state index contributed by atoms with van der Waals surface area (Å²) in [5.74, 6) is 0.625. The molecule has 1 aromatic rings. The molecule has 0 saturated heterocycles. The molecule has 0 aliphatic rings. The van der Waals surface area contributed by atoms with Crippen molar-refractivity contribution in [1.82, 2.24) is 0 Å². The fraction of sp³-hybridized carbons (Fsp3) is 0.222. The zero-order chi connectivity index (χ0) is 8.81. The smallest absolute Gasteiger partial charge is 0.294 e. The highest BCUT2D eigenvalue weighted by molar-refractivity contribution is 5.38. The highest BCUT2D eigenvalue weighted by Gasteiger charge is 2.09. The predicted molar refractivity (Wildman–Crippen MR) is 43.4 cm³/mol. The fourth-order valence-corrected chi connectivity index (χ4v) is 0.895. The molecule has 1 heterocycles. The average molecular weight is 166 g/mol. The molecule has 3 nitrogen and oxygen atoms in total. The van der Waals surface area contributed by atoms with Gasteiger partial charge in [-0.1, -0.05) is 6.08 Å². The number of carbonyl (C=O) groups is 1. The Bertz CT molecular complexity index is 249. The van der Waals surface area contributed by atoms with Crippen LogP contribution in [0.5, 0.6) is 0 Å². The summed E-state index contributed by atoms with van der Waals surface area (Å²) in [6, 6.07) is 3.51. The first kappa shape index (κ1) is 8.59. The van der Waals surface area contributed by atoms with Crippen LogP contribution in [0.25, 0.3) is 0 Å². The van der Waals surface area contributed by atoms with E-state index in [0.29, 0.717) is 12.2 Å². The molecule has 0 aliphatic heterocycles. The van der Waals surface area contributed by atoms with Crippen molar-refractivity contribution in [2.45, 2.75) is 13.0 Å². The monoisotopic (exact) mass is 166 g/mol. The molecule has 0 fully saturated rings. The molecule has 0 N–H and O–H groups in total. The van der Waals surface area contributed by atoms with E-state index in [-0.39, 0.29) is 0 Å². The Morgan fingerprint density at radius 2 is 2.50 bits per heavy atom. The number of carbonyl (C=O) groups excluding carboxylic acids is 1. The van der Waals surface area contributed by atoms with Gasteiger partial charge in [0.15, 0.2) is 6.10 Å². The second-order valence-electron chi connectivity index (χ2n) is 2.19. The van der Waals surface area contributed by atoms with Gasteiger partial charge in [0, 0.05) is 0 Å². The molecule has 3 heteroatoms. The van der Waals surface area contributed by atoms with E-state index in [1.165, 1.54) is 0 Å². The maximum atomic E-state index is 10.1. The molecule has 64 valence electrons. The fourth-order valence-electron chi connectivity index (χ4n) is 0.895. The summed E-state index contributed by atoms with van der Waals surface area (Å²) in [6.07, 6.45) is 4.69. The minimum atomic E-state index is -0.400. The largest absolute Gasteiger partial charge is 0.465 e. The number of furan rings is 1. The first-order valence-electron chi connectivity index (χ1n) is 3.63. The zero-order valence-corrected chi connectivity index (χ0v) is 6.77. The van der Waals surface area contributed by atoms with Crippen molar-refractivity contribution < 1.29 is 13.9 Å². The van der Waals surface area contributed by atoms with Gasteiger partial charge in [0.05, 0.1) is 6.26 Å². The average Bonchev–Trinajstić information content (AvgIpc) is 2.56. The molecule has 1 atom stereocenters. The van der Waals surface area contributed by atoms with Crippen molar-refractivity contribution in [2.75, 3.05) is 0 Å². The minimum Gasteiger partial charge on any atom is -0.465 e. The zero-order valence-electron chi connectivity index (χ0n) is 6.77. The summed E-state index contributed by atoms with van der Waals surface area (Å²) in [6.45, 7) is 2.26. The molecule has 0 bridgehead atoms. The molecule has 0 aliphatic carbocycles. The molecule has 0 saturated carbocycles. The quantitative estimate of drug-likeness (QED) is 0.507. The van der Waals surface area contributed by atoms with Gasteiger partial charge in [-0.3, -0.25) is 4.79 Å². The van der Waals surface area contributed by atoms with Gasteiger partial charge in [-0.25, -0.2) is 0 Å². The SMILES string of the molecule is CC=CC(OC=O)c1ccco1. The molecule has 1 rings (SSSR count). The molecule has 12 heavy (non-hydrogen) atoms. The van der Waals surface area contributed by atoms with Crippen molar-refractivity contribution in [3.8, 4) is 0 Å². The summed E-state index contributed by atoms with van der Waals surface area (Å²) in [7, 11) is 0.